The quantitative estimate of drug-likeness (QED) is 0.488. The fourth-order valence-electron chi connectivity index (χ4n) is 5.08. The van der Waals surface area contributed by atoms with E-state index in [1.165, 1.54) is 57.8 Å². The van der Waals surface area contributed by atoms with Gasteiger partial charge in [0.15, 0.2) is 0 Å². The van der Waals surface area contributed by atoms with Gasteiger partial charge in [-0.2, -0.15) is 0 Å². The van der Waals surface area contributed by atoms with Crippen LogP contribution in [0.3, 0.4) is 0 Å². The summed E-state index contributed by atoms with van der Waals surface area (Å²) in [7, 11) is 0. The molecule has 6 heteroatoms. The Balaban J connectivity index is 1.34. The highest BCUT2D eigenvalue weighted by atomic mass is 16.5. The molecule has 2 aliphatic heterocycles. The fraction of sp³-hybridized carbons (Fsp3) is 0.952. The summed E-state index contributed by atoms with van der Waals surface area (Å²) < 4.78 is 12.4. The molecule has 0 spiro atoms. The van der Waals surface area contributed by atoms with Gasteiger partial charge in [-0.1, -0.05) is 52.4 Å². The molecule has 0 radical (unpaired) electrons. The van der Waals surface area contributed by atoms with Gasteiger partial charge in [-0.15, -0.1) is 5.10 Å². The monoisotopic (exact) mass is 378 g/mol. The van der Waals surface area contributed by atoms with E-state index in [-0.39, 0.29) is 0 Å². The molecule has 1 aromatic rings. The van der Waals surface area contributed by atoms with Crippen LogP contribution in [0.15, 0.2) is 0 Å². The zero-order chi connectivity index (χ0) is 18.9. The minimum atomic E-state index is 0.456. The summed E-state index contributed by atoms with van der Waals surface area (Å²) in [5, 5.41) is 14.1. The van der Waals surface area contributed by atoms with Gasteiger partial charge in [0, 0.05) is 18.9 Å². The van der Waals surface area contributed by atoms with Crippen LogP contribution in [0.1, 0.15) is 83.9 Å². The average molecular weight is 379 g/mol. The summed E-state index contributed by atoms with van der Waals surface area (Å²) in [6, 6.07) is 0. The van der Waals surface area contributed by atoms with E-state index >= 15 is 0 Å². The van der Waals surface area contributed by atoms with E-state index in [1.807, 2.05) is 0 Å². The Morgan fingerprint density at radius 1 is 1.11 bits per heavy atom. The van der Waals surface area contributed by atoms with E-state index in [0.717, 1.165) is 37.8 Å². The second-order valence-electron chi connectivity index (χ2n) is 8.59. The Morgan fingerprint density at radius 2 is 1.96 bits per heavy atom. The van der Waals surface area contributed by atoms with Gasteiger partial charge in [0.05, 0.1) is 18.8 Å². The lowest BCUT2D eigenvalue weighted by Crippen LogP contribution is -2.35. The van der Waals surface area contributed by atoms with Crippen LogP contribution in [0.5, 0.6) is 0 Å². The van der Waals surface area contributed by atoms with Gasteiger partial charge >= 0.3 is 0 Å². The summed E-state index contributed by atoms with van der Waals surface area (Å²) in [5.41, 5.74) is 0. The molecule has 3 heterocycles. The number of aryl methyl sites for hydroxylation is 1. The lowest BCUT2D eigenvalue weighted by Gasteiger charge is -2.32. The molecule has 0 aliphatic carbocycles. The number of nitrogens with zero attached hydrogens (tertiary/aromatic N) is 3. The summed E-state index contributed by atoms with van der Waals surface area (Å²) in [4.78, 5) is 0. The number of aromatic amines is 1. The molecule has 2 bridgehead atoms. The molecule has 154 valence electrons. The van der Waals surface area contributed by atoms with E-state index in [9.17, 15) is 0 Å². The van der Waals surface area contributed by atoms with E-state index in [0.29, 0.717) is 24.0 Å². The predicted octanol–water partition coefficient (Wildman–Crippen LogP) is 4.33. The van der Waals surface area contributed by atoms with E-state index < -0.39 is 0 Å². The molecule has 2 fully saturated rings. The Morgan fingerprint density at radius 3 is 2.78 bits per heavy atom. The number of rotatable bonds is 14. The number of fused-ring (bicyclic) bond motifs is 2. The Hall–Kier alpha value is -1.01. The van der Waals surface area contributed by atoms with Crippen LogP contribution in [0.4, 0.5) is 0 Å². The van der Waals surface area contributed by atoms with Crippen molar-refractivity contribution in [3.63, 3.8) is 0 Å². The minimum Gasteiger partial charge on any atom is -0.381 e. The highest BCUT2D eigenvalue weighted by molar-refractivity contribution is 4.98. The molecule has 3 rings (SSSR count). The fourth-order valence-corrected chi connectivity index (χ4v) is 5.08. The van der Waals surface area contributed by atoms with Crippen LogP contribution in [0.2, 0.25) is 0 Å². The number of aromatic nitrogens is 4. The average Bonchev–Trinajstić information content (AvgIpc) is 3.41. The van der Waals surface area contributed by atoms with Crippen molar-refractivity contribution in [1.29, 1.82) is 0 Å². The molecule has 2 saturated heterocycles. The largest absolute Gasteiger partial charge is 0.381 e. The number of tetrazole rings is 1. The van der Waals surface area contributed by atoms with Gasteiger partial charge in [-0.25, -0.2) is 5.10 Å². The van der Waals surface area contributed by atoms with Crippen molar-refractivity contribution in [2.24, 2.45) is 17.8 Å². The van der Waals surface area contributed by atoms with Crippen LogP contribution in [-0.2, 0) is 15.9 Å². The third-order valence-electron chi connectivity index (χ3n) is 6.56. The maximum Gasteiger partial charge on any atom is 0.148 e. The van der Waals surface area contributed by atoms with Crippen LogP contribution >= 0.6 is 0 Å². The molecular formula is C21H38N4O2. The number of unbranched alkanes of at least 4 members (excludes halogenated alkanes) is 5. The van der Waals surface area contributed by atoms with Gasteiger partial charge in [0.1, 0.15) is 5.82 Å². The van der Waals surface area contributed by atoms with Crippen LogP contribution < -0.4 is 0 Å². The summed E-state index contributed by atoms with van der Waals surface area (Å²) in [6.45, 7) is 6.51. The van der Waals surface area contributed by atoms with E-state index in [2.05, 4.69) is 34.5 Å². The van der Waals surface area contributed by atoms with Gasteiger partial charge in [-0.3, -0.25) is 0 Å². The molecule has 0 aromatic carbocycles. The topological polar surface area (TPSA) is 72.9 Å². The van der Waals surface area contributed by atoms with Crippen molar-refractivity contribution in [1.82, 2.24) is 20.6 Å². The molecule has 2 aliphatic rings. The van der Waals surface area contributed by atoms with Gasteiger partial charge in [0.25, 0.3) is 0 Å². The van der Waals surface area contributed by atoms with Crippen molar-refractivity contribution in [3.05, 3.63) is 5.82 Å². The first-order valence-corrected chi connectivity index (χ1v) is 11.3. The highest BCUT2D eigenvalue weighted by Crippen LogP contribution is 2.47. The zero-order valence-electron chi connectivity index (χ0n) is 17.2. The van der Waals surface area contributed by atoms with Crippen molar-refractivity contribution in [3.8, 4) is 0 Å². The first-order valence-electron chi connectivity index (χ1n) is 11.3. The zero-order valence-corrected chi connectivity index (χ0v) is 17.2. The number of ether oxygens (including phenoxy) is 2. The van der Waals surface area contributed by atoms with Crippen molar-refractivity contribution in [2.75, 3.05) is 13.2 Å². The lowest BCUT2D eigenvalue weighted by molar-refractivity contribution is 0.0441. The first-order chi connectivity index (χ1) is 13.3. The summed E-state index contributed by atoms with van der Waals surface area (Å²) in [5.74, 6) is 2.93. The molecule has 0 amide bonds. The Bertz CT molecular complexity index is 510. The second kappa shape index (κ2) is 11.1. The van der Waals surface area contributed by atoms with Gasteiger partial charge in [-0.05, 0) is 47.9 Å². The summed E-state index contributed by atoms with van der Waals surface area (Å²) >= 11 is 0. The third-order valence-corrected chi connectivity index (χ3v) is 6.56. The maximum absolute atomic E-state index is 6.28. The molecule has 1 unspecified atom stereocenters. The van der Waals surface area contributed by atoms with Crippen LogP contribution in [-0.4, -0.2) is 46.0 Å². The predicted molar refractivity (Wildman–Crippen MR) is 105 cm³/mol. The van der Waals surface area contributed by atoms with Crippen LogP contribution in [0, 0.1) is 17.8 Å². The normalized spacial score (nSPS) is 28.1. The maximum atomic E-state index is 6.28. The van der Waals surface area contributed by atoms with E-state index in [4.69, 9.17) is 9.47 Å². The second-order valence-corrected chi connectivity index (χ2v) is 8.59. The molecule has 6 nitrogen and oxygen atoms in total. The number of hydrogen-bond acceptors (Lipinski definition) is 5. The smallest absolute Gasteiger partial charge is 0.148 e. The number of nitrogens with one attached hydrogen (secondary N) is 1. The SMILES string of the molecule is CCCCCCOC[C@@H]1[C@@H](C(C)CCCCCc2nnn[nH]2)[C@@H]2CC[C@H]1O2. The Labute approximate surface area is 164 Å². The van der Waals surface area contributed by atoms with Crippen LogP contribution in [0.25, 0.3) is 0 Å². The molecule has 1 N–H and O–H groups in total. The number of hydrogen-bond donors (Lipinski definition) is 1. The van der Waals surface area contributed by atoms with Crippen molar-refractivity contribution in [2.45, 2.75) is 96.7 Å². The molecule has 5 atom stereocenters. The minimum absolute atomic E-state index is 0.456. The number of H-pyrrole nitrogens is 1. The summed E-state index contributed by atoms with van der Waals surface area (Å²) in [6.07, 6.45) is 14.5. The Kier molecular flexibility index (Phi) is 8.52. The molecule has 0 saturated carbocycles. The first kappa shape index (κ1) is 20.7. The van der Waals surface area contributed by atoms with Gasteiger partial charge in [0.2, 0.25) is 0 Å². The molecule has 1 aromatic heterocycles. The highest BCUT2D eigenvalue weighted by Gasteiger charge is 2.50. The van der Waals surface area contributed by atoms with Crippen molar-refractivity contribution < 1.29 is 9.47 Å². The van der Waals surface area contributed by atoms with Gasteiger partial charge < -0.3 is 9.47 Å². The standard InChI is InChI=1S/C21H38N4O2/c1-3-4-5-9-14-26-15-17-18-12-13-19(27-18)21(17)16(2)10-7-6-8-11-20-22-24-25-23-20/h16-19,21H,3-15H2,1-2H3,(H,22,23,24,25)/t16?,17-,18+,19-,21+/m0/s1. The lowest BCUT2D eigenvalue weighted by atomic mass is 9.72. The van der Waals surface area contributed by atoms with E-state index in [1.54, 1.807) is 0 Å². The molecular weight excluding hydrogens is 340 g/mol. The third kappa shape index (κ3) is 5.98. The van der Waals surface area contributed by atoms with Crippen molar-refractivity contribution >= 4 is 0 Å². The molecule has 27 heavy (non-hydrogen) atoms.